The van der Waals surface area contributed by atoms with Crippen molar-refractivity contribution in [3.05, 3.63) is 35.9 Å². The molecule has 0 spiro atoms. The van der Waals surface area contributed by atoms with Gasteiger partial charge in [0.05, 0.1) is 18.8 Å². The van der Waals surface area contributed by atoms with Gasteiger partial charge in [0.25, 0.3) is 0 Å². The lowest BCUT2D eigenvalue weighted by molar-refractivity contribution is -0.00997. The van der Waals surface area contributed by atoms with Crippen LogP contribution in [0.3, 0.4) is 0 Å². The van der Waals surface area contributed by atoms with Gasteiger partial charge in [-0.3, -0.25) is 4.90 Å². The zero-order chi connectivity index (χ0) is 14.4. The molecule has 0 saturated carbocycles. The van der Waals surface area contributed by atoms with Crippen molar-refractivity contribution in [1.82, 2.24) is 4.90 Å². The van der Waals surface area contributed by atoms with Crippen LogP contribution in [-0.2, 0) is 11.2 Å². The minimum atomic E-state index is -0.381. The van der Waals surface area contributed by atoms with Crippen LogP contribution >= 0.6 is 0 Å². The Morgan fingerprint density at radius 3 is 2.75 bits per heavy atom. The van der Waals surface area contributed by atoms with E-state index in [1.807, 2.05) is 13.8 Å². The van der Waals surface area contributed by atoms with Crippen molar-refractivity contribution >= 4 is 0 Å². The normalized spacial score (nSPS) is 21.5. The zero-order valence-electron chi connectivity index (χ0n) is 12.7. The minimum absolute atomic E-state index is 0.184. The van der Waals surface area contributed by atoms with Crippen molar-refractivity contribution in [1.29, 1.82) is 0 Å². The second-order valence-corrected chi connectivity index (χ2v) is 6.02. The first kappa shape index (κ1) is 15.5. The van der Waals surface area contributed by atoms with Crippen molar-refractivity contribution in [3.8, 4) is 0 Å². The molecule has 3 heteroatoms. The second kappa shape index (κ2) is 7.77. The molecule has 2 unspecified atom stereocenters. The molecule has 2 rings (SSSR count). The molecule has 0 aliphatic carbocycles. The molecule has 1 saturated heterocycles. The van der Waals surface area contributed by atoms with Gasteiger partial charge in [0.2, 0.25) is 0 Å². The van der Waals surface area contributed by atoms with Gasteiger partial charge in [0, 0.05) is 12.6 Å². The Bertz CT molecular complexity index is 380. The first-order valence-corrected chi connectivity index (χ1v) is 7.73. The van der Waals surface area contributed by atoms with Gasteiger partial charge >= 0.3 is 0 Å². The number of hydrogen-bond donors (Lipinski definition) is 1. The molecule has 20 heavy (non-hydrogen) atoms. The fourth-order valence-corrected chi connectivity index (χ4v) is 2.88. The molecule has 1 N–H and O–H groups in total. The van der Waals surface area contributed by atoms with Crippen LogP contribution in [0.5, 0.6) is 0 Å². The highest BCUT2D eigenvalue weighted by Gasteiger charge is 2.26. The maximum absolute atomic E-state index is 10.1. The fraction of sp³-hybridized carbons (Fsp3) is 0.647. The topological polar surface area (TPSA) is 32.7 Å². The van der Waals surface area contributed by atoms with Crippen LogP contribution in [0.4, 0.5) is 0 Å². The van der Waals surface area contributed by atoms with E-state index >= 15 is 0 Å². The lowest BCUT2D eigenvalue weighted by Crippen LogP contribution is -2.39. The molecule has 0 bridgehead atoms. The molecule has 0 aromatic heterocycles. The largest absolute Gasteiger partial charge is 0.389 e. The van der Waals surface area contributed by atoms with Crippen molar-refractivity contribution in [2.45, 2.75) is 51.4 Å². The van der Waals surface area contributed by atoms with Crippen molar-refractivity contribution < 1.29 is 9.84 Å². The number of nitrogens with zero attached hydrogens (tertiary/aromatic N) is 1. The summed E-state index contributed by atoms with van der Waals surface area (Å²) in [7, 11) is 0. The molecule has 1 heterocycles. The van der Waals surface area contributed by atoms with Crippen LogP contribution in [0.2, 0.25) is 0 Å². The summed E-state index contributed by atoms with van der Waals surface area (Å²) in [6.07, 6.45) is 3.35. The standard InChI is InChI=1S/C17H27NO2/c1-14(2)20-13-17(19)12-18-10-6-9-16(18)11-15-7-4-3-5-8-15/h3-5,7-8,14,16-17,19H,6,9-13H2,1-2H3. The van der Waals surface area contributed by atoms with E-state index in [1.165, 1.54) is 18.4 Å². The molecule has 0 radical (unpaired) electrons. The smallest absolute Gasteiger partial charge is 0.0900 e. The van der Waals surface area contributed by atoms with Crippen molar-refractivity contribution in [2.75, 3.05) is 19.7 Å². The summed E-state index contributed by atoms with van der Waals surface area (Å²) < 4.78 is 5.49. The maximum Gasteiger partial charge on any atom is 0.0900 e. The van der Waals surface area contributed by atoms with Gasteiger partial charge in [-0.15, -0.1) is 0 Å². The Hall–Kier alpha value is -0.900. The lowest BCUT2D eigenvalue weighted by atomic mass is 10.0. The van der Waals surface area contributed by atoms with Gasteiger partial charge in [-0.05, 0) is 45.2 Å². The second-order valence-electron chi connectivity index (χ2n) is 6.02. The number of ether oxygens (including phenoxy) is 1. The van der Waals surface area contributed by atoms with Gasteiger partial charge in [-0.1, -0.05) is 30.3 Å². The van der Waals surface area contributed by atoms with E-state index in [4.69, 9.17) is 4.74 Å². The van der Waals surface area contributed by atoms with Crippen LogP contribution in [0.25, 0.3) is 0 Å². The Kier molecular flexibility index (Phi) is 6.02. The highest BCUT2D eigenvalue weighted by molar-refractivity contribution is 5.16. The molecular weight excluding hydrogens is 250 g/mol. The molecule has 1 aromatic rings. The highest BCUT2D eigenvalue weighted by atomic mass is 16.5. The van der Waals surface area contributed by atoms with E-state index in [9.17, 15) is 5.11 Å². The number of rotatable bonds is 7. The molecule has 2 atom stereocenters. The first-order chi connectivity index (χ1) is 9.65. The molecule has 112 valence electrons. The van der Waals surface area contributed by atoms with Crippen LogP contribution in [0.15, 0.2) is 30.3 Å². The number of hydrogen-bond acceptors (Lipinski definition) is 3. The Balaban J connectivity index is 1.81. The molecule has 1 fully saturated rings. The Morgan fingerprint density at radius 1 is 1.30 bits per heavy atom. The van der Waals surface area contributed by atoms with Crippen molar-refractivity contribution in [2.24, 2.45) is 0 Å². The van der Waals surface area contributed by atoms with E-state index in [-0.39, 0.29) is 12.2 Å². The molecule has 1 aliphatic rings. The third-order valence-electron chi connectivity index (χ3n) is 3.88. The van der Waals surface area contributed by atoms with Crippen LogP contribution in [-0.4, -0.2) is 48.0 Å². The number of β-amino-alcohol motifs (C(OH)–C–C–N with tert-alkyl or cyclic N) is 1. The van der Waals surface area contributed by atoms with Gasteiger partial charge < -0.3 is 9.84 Å². The Labute approximate surface area is 122 Å². The summed E-state index contributed by atoms with van der Waals surface area (Å²) in [6, 6.07) is 11.2. The van der Waals surface area contributed by atoms with E-state index in [0.29, 0.717) is 12.6 Å². The lowest BCUT2D eigenvalue weighted by Gasteiger charge is -2.27. The van der Waals surface area contributed by atoms with Gasteiger partial charge in [-0.2, -0.15) is 0 Å². The van der Waals surface area contributed by atoms with Crippen LogP contribution in [0.1, 0.15) is 32.3 Å². The maximum atomic E-state index is 10.1. The van der Waals surface area contributed by atoms with E-state index < -0.39 is 0 Å². The summed E-state index contributed by atoms with van der Waals surface area (Å²) >= 11 is 0. The Morgan fingerprint density at radius 2 is 2.05 bits per heavy atom. The van der Waals surface area contributed by atoms with Crippen molar-refractivity contribution in [3.63, 3.8) is 0 Å². The van der Waals surface area contributed by atoms with Crippen LogP contribution in [0, 0.1) is 0 Å². The third kappa shape index (κ3) is 4.89. The van der Waals surface area contributed by atoms with Gasteiger partial charge in [0.15, 0.2) is 0 Å². The van der Waals surface area contributed by atoms with Gasteiger partial charge in [0.1, 0.15) is 0 Å². The summed E-state index contributed by atoms with van der Waals surface area (Å²) in [5.74, 6) is 0. The van der Waals surface area contributed by atoms with Crippen LogP contribution < -0.4 is 0 Å². The predicted molar refractivity (Wildman–Crippen MR) is 81.8 cm³/mol. The molecular formula is C17H27NO2. The molecule has 0 amide bonds. The molecule has 1 aromatic carbocycles. The average molecular weight is 277 g/mol. The van der Waals surface area contributed by atoms with E-state index in [1.54, 1.807) is 0 Å². The van der Waals surface area contributed by atoms with Gasteiger partial charge in [-0.25, -0.2) is 0 Å². The SMILES string of the molecule is CC(C)OCC(O)CN1CCCC1Cc1ccccc1. The summed E-state index contributed by atoms with van der Waals surface area (Å²) in [6.45, 7) is 6.26. The summed E-state index contributed by atoms with van der Waals surface area (Å²) in [4.78, 5) is 2.42. The quantitative estimate of drug-likeness (QED) is 0.831. The van der Waals surface area contributed by atoms with E-state index in [2.05, 4.69) is 35.2 Å². The number of benzene rings is 1. The fourth-order valence-electron chi connectivity index (χ4n) is 2.88. The highest BCUT2D eigenvalue weighted by Crippen LogP contribution is 2.21. The summed E-state index contributed by atoms with van der Waals surface area (Å²) in [5.41, 5.74) is 1.39. The first-order valence-electron chi connectivity index (χ1n) is 7.73. The monoisotopic (exact) mass is 277 g/mol. The molecule has 1 aliphatic heterocycles. The average Bonchev–Trinajstić information content (AvgIpc) is 2.85. The van der Waals surface area contributed by atoms with E-state index in [0.717, 1.165) is 19.5 Å². The number of aliphatic hydroxyl groups excluding tert-OH is 1. The summed E-state index contributed by atoms with van der Waals surface area (Å²) in [5, 5.41) is 10.1. The minimum Gasteiger partial charge on any atom is -0.389 e. The molecule has 3 nitrogen and oxygen atoms in total. The number of likely N-dealkylation sites (tertiary alicyclic amines) is 1. The number of aliphatic hydroxyl groups is 1. The zero-order valence-corrected chi connectivity index (χ0v) is 12.7. The predicted octanol–water partition coefficient (Wildman–Crippen LogP) is 2.48. The third-order valence-corrected chi connectivity index (χ3v) is 3.88.